The lowest BCUT2D eigenvalue weighted by Gasteiger charge is -2.10. The lowest BCUT2D eigenvalue weighted by atomic mass is 9.80. The van der Waals surface area contributed by atoms with Crippen LogP contribution in [-0.2, 0) is 6.61 Å². The highest BCUT2D eigenvalue weighted by Gasteiger charge is 2.17. The fourth-order valence-corrected chi connectivity index (χ4v) is 2.14. The number of halogens is 3. The van der Waals surface area contributed by atoms with Gasteiger partial charge in [-0.15, -0.1) is 0 Å². The van der Waals surface area contributed by atoms with Gasteiger partial charge in [-0.1, -0.05) is 35.3 Å². The molecule has 0 spiro atoms. The molecule has 20 heavy (non-hydrogen) atoms. The summed E-state index contributed by atoms with van der Waals surface area (Å²) in [6, 6.07) is 8.81. The monoisotopic (exact) mass is 314 g/mol. The molecule has 0 aromatic heterocycles. The zero-order valence-electron chi connectivity index (χ0n) is 10.2. The van der Waals surface area contributed by atoms with Crippen molar-refractivity contribution >= 4 is 35.8 Å². The van der Waals surface area contributed by atoms with E-state index in [2.05, 4.69) is 0 Å². The number of hydrogen-bond acceptors (Lipinski definition) is 3. The van der Waals surface area contributed by atoms with Crippen LogP contribution in [0.5, 0.6) is 5.75 Å². The SMILES string of the molecule is OB(O)c1ccc(OCc2c(Cl)cccc2Cl)cc1F. The average molecular weight is 315 g/mol. The predicted molar refractivity (Wildman–Crippen MR) is 77.0 cm³/mol. The first kappa shape index (κ1) is 15.1. The van der Waals surface area contributed by atoms with Gasteiger partial charge in [-0.2, -0.15) is 0 Å². The van der Waals surface area contributed by atoms with E-state index in [1.54, 1.807) is 18.2 Å². The first-order chi connectivity index (χ1) is 9.49. The highest BCUT2D eigenvalue weighted by atomic mass is 35.5. The summed E-state index contributed by atoms with van der Waals surface area (Å²) < 4.78 is 18.9. The van der Waals surface area contributed by atoms with E-state index >= 15 is 0 Å². The van der Waals surface area contributed by atoms with Gasteiger partial charge in [0.25, 0.3) is 0 Å². The van der Waals surface area contributed by atoms with Crippen LogP contribution in [0, 0.1) is 5.82 Å². The molecule has 7 heteroatoms. The first-order valence-corrected chi connectivity index (χ1v) is 6.46. The Kier molecular flexibility index (Phi) is 4.88. The van der Waals surface area contributed by atoms with Crippen LogP contribution in [0.2, 0.25) is 10.0 Å². The van der Waals surface area contributed by atoms with Gasteiger partial charge < -0.3 is 14.8 Å². The van der Waals surface area contributed by atoms with Crippen molar-refractivity contribution in [3.05, 3.63) is 57.8 Å². The summed E-state index contributed by atoms with van der Waals surface area (Å²) in [5, 5.41) is 18.7. The van der Waals surface area contributed by atoms with Crippen LogP contribution in [0.15, 0.2) is 36.4 Å². The van der Waals surface area contributed by atoms with Gasteiger partial charge in [-0.05, 0) is 18.2 Å². The molecule has 0 fully saturated rings. The summed E-state index contributed by atoms with van der Waals surface area (Å²) in [5.41, 5.74) is 0.385. The van der Waals surface area contributed by atoms with Gasteiger partial charge in [-0.25, -0.2) is 4.39 Å². The zero-order valence-corrected chi connectivity index (χ0v) is 11.7. The maximum Gasteiger partial charge on any atom is 0.491 e. The van der Waals surface area contributed by atoms with E-state index in [1.165, 1.54) is 12.1 Å². The Labute approximate surface area is 125 Å². The van der Waals surface area contributed by atoms with E-state index in [4.69, 9.17) is 38.0 Å². The van der Waals surface area contributed by atoms with E-state index in [9.17, 15) is 4.39 Å². The summed E-state index contributed by atoms with van der Waals surface area (Å²) in [7, 11) is -1.86. The molecule has 0 bridgehead atoms. The summed E-state index contributed by atoms with van der Waals surface area (Å²) in [5.74, 6) is -0.523. The first-order valence-electron chi connectivity index (χ1n) is 5.70. The molecule has 0 radical (unpaired) electrons. The third-order valence-electron chi connectivity index (χ3n) is 2.69. The van der Waals surface area contributed by atoms with E-state index in [-0.39, 0.29) is 17.8 Å². The lowest BCUT2D eigenvalue weighted by molar-refractivity contribution is 0.305. The average Bonchev–Trinajstić information content (AvgIpc) is 2.37. The van der Waals surface area contributed by atoms with Crippen molar-refractivity contribution in [2.75, 3.05) is 0 Å². The smallest absolute Gasteiger partial charge is 0.489 e. The van der Waals surface area contributed by atoms with Crippen molar-refractivity contribution in [3.8, 4) is 5.75 Å². The van der Waals surface area contributed by atoms with Crippen LogP contribution in [0.25, 0.3) is 0 Å². The van der Waals surface area contributed by atoms with Crippen molar-refractivity contribution in [2.24, 2.45) is 0 Å². The summed E-state index contributed by atoms with van der Waals surface area (Å²) in [4.78, 5) is 0. The second-order valence-electron chi connectivity index (χ2n) is 4.05. The molecule has 0 aliphatic carbocycles. The number of benzene rings is 2. The molecule has 0 saturated carbocycles. The Balaban J connectivity index is 2.14. The molecule has 0 aliphatic heterocycles. The van der Waals surface area contributed by atoms with Crippen molar-refractivity contribution < 1.29 is 19.2 Å². The third kappa shape index (κ3) is 3.43. The molecular formula is C13H10BCl2FO3. The molecule has 0 saturated heterocycles. The van der Waals surface area contributed by atoms with Gasteiger partial charge >= 0.3 is 7.12 Å². The van der Waals surface area contributed by atoms with Crippen molar-refractivity contribution in [1.82, 2.24) is 0 Å². The standard InChI is InChI=1S/C13H10BCl2FO3/c15-11-2-1-3-12(16)9(11)7-20-8-4-5-10(14(18)19)13(17)6-8/h1-6,18-19H,7H2. The van der Waals surface area contributed by atoms with Crippen molar-refractivity contribution in [2.45, 2.75) is 6.61 Å². The minimum Gasteiger partial charge on any atom is -0.489 e. The molecule has 0 atom stereocenters. The molecule has 104 valence electrons. The van der Waals surface area contributed by atoms with Gasteiger partial charge in [0.2, 0.25) is 0 Å². The molecule has 2 aromatic rings. The molecule has 0 amide bonds. The maximum absolute atomic E-state index is 13.5. The van der Waals surface area contributed by atoms with Gasteiger partial charge in [0.1, 0.15) is 18.2 Å². The molecule has 0 unspecified atom stereocenters. The van der Waals surface area contributed by atoms with E-state index in [1.807, 2.05) is 0 Å². The predicted octanol–water partition coefficient (Wildman–Crippen LogP) is 2.39. The Bertz CT molecular complexity index is 602. The van der Waals surface area contributed by atoms with Crippen LogP contribution < -0.4 is 10.2 Å². The van der Waals surface area contributed by atoms with Crippen LogP contribution in [-0.4, -0.2) is 17.2 Å². The lowest BCUT2D eigenvalue weighted by Crippen LogP contribution is -2.32. The molecule has 0 heterocycles. The van der Waals surface area contributed by atoms with Gasteiger partial charge in [-0.3, -0.25) is 0 Å². The van der Waals surface area contributed by atoms with Crippen LogP contribution in [0.3, 0.4) is 0 Å². The summed E-state index contributed by atoms with van der Waals surface area (Å²) >= 11 is 12.0. The van der Waals surface area contributed by atoms with Crippen LogP contribution >= 0.6 is 23.2 Å². The quantitative estimate of drug-likeness (QED) is 0.852. The van der Waals surface area contributed by atoms with Gasteiger partial charge in [0.05, 0.1) is 0 Å². The molecule has 3 nitrogen and oxygen atoms in total. The Morgan fingerprint density at radius 3 is 2.30 bits per heavy atom. The number of rotatable bonds is 4. The van der Waals surface area contributed by atoms with E-state index in [0.29, 0.717) is 15.6 Å². The second kappa shape index (κ2) is 6.46. The summed E-state index contributed by atoms with van der Waals surface area (Å²) in [6.45, 7) is 0.0823. The second-order valence-corrected chi connectivity index (χ2v) is 4.86. The number of hydrogen-bond donors (Lipinski definition) is 2. The highest BCUT2D eigenvalue weighted by Crippen LogP contribution is 2.25. The maximum atomic E-state index is 13.5. The normalized spacial score (nSPS) is 10.4. The van der Waals surface area contributed by atoms with E-state index in [0.717, 1.165) is 6.07 Å². The van der Waals surface area contributed by atoms with Gasteiger partial charge in [0.15, 0.2) is 0 Å². The Morgan fingerprint density at radius 2 is 1.75 bits per heavy atom. The minimum absolute atomic E-state index is 0.0823. The molecule has 2 N–H and O–H groups in total. The molecule has 2 rings (SSSR count). The third-order valence-corrected chi connectivity index (χ3v) is 3.40. The fraction of sp³-hybridized carbons (Fsp3) is 0.0769. The van der Waals surface area contributed by atoms with Gasteiger partial charge in [0, 0.05) is 27.1 Å². The Hall–Kier alpha value is -1.27. The van der Waals surface area contributed by atoms with Crippen molar-refractivity contribution in [1.29, 1.82) is 0 Å². The summed E-state index contributed by atoms with van der Waals surface area (Å²) in [6.07, 6.45) is 0. The highest BCUT2D eigenvalue weighted by molar-refractivity contribution is 6.58. The van der Waals surface area contributed by atoms with E-state index < -0.39 is 12.9 Å². The zero-order chi connectivity index (χ0) is 14.7. The molecule has 2 aromatic carbocycles. The number of ether oxygens (including phenoxy) is 1. The Morgan fingerprint density at radius 1 is 1.10 bits per heavy atom. The largest absolute Gasteiger partial charge is 0.491 e. The fourth-order valence-electron chi connectivity index (χ4n) is 1.63. The topological polar surface area (TPSA) is 49.7 Å². The van der Waals surface area contributed by atoms with Crippen LogP contribution in [0.4, 0.5) is 4.39 Å². The van der Waals surface area contributed by atoms with Crippen LogP contribution in [0.1, 0.15) is 5.56 Å². The molecule has 0 aliphatic rings. The minimum atomic E-state index is -1.86. The molecular weight excluding hydrogens is 305 g/mol. The van der Waals surface area contributed by atoms with Crippen molar-refractivity contribution in [3.63, 3.8) is 0 Å².